The highest BCUT2D eigenvalue weighted by Crippen LogP contribution is 2.32. The number of hydrogen-bond donors (Lipinski definition) is 1. The summed E-state index contributed by atoms with van der Waals surface area (Å²) in [4.78, 5) is 0. The minimum absolute atomic E-state index is 0.267. The van der Waals surface area contributed by atoms with Crippen molar-refractivity contribution >= 4 is 11.6 Å². The maximum atomic E-state index is 13.5. The first-order valence-electron chi connectivity index (χ1n) is 6.80. The SMILES string of the molecule is CCC(NC)c1cccc(-c2cc(C)c(F)cc2Cl)c1. The summed E-state index contributed by atoms with van der Waals surface area (Å²) in [5.74, 6) is -0.267. The number of nitrogens with one attached hydrogen (secondary N) is 1. The highest BCUT2D eigenvalue weighted by atomic mass is 35.5. The van der Waals surface area contributed by atoms with E-state index in [4.69, 9.17) is 11.6 Å². The molecule has 0 radical (unpaired) electrons. The summed E-state index contributed by atoms with van der Waals surface area (Å²) < 4.78 is 13.5. The van der Waals surface area contributed by atoms with Gasteiger partial charge in [-0.15, -0.1) is 0 Å². The lowest BCUT2D eigenvalue weighted by atomic mass is 9.97. The molecule has 0 aliphatic heterocycles. The van der Waals surface area contributed by atoms with Gasteiger partial charge in [0.2, 0.25) is 0 Å². The second-order valence-electron chi connectivity index (χ2n) is 4.96. The van der Waals surface area contributed by atoms with Crippen molar-refractivity contribution in [1.29, 1.82) is 0 Å². The Kier molecular flexibility index (Phi) is 4.79. The molecule has 0 saturated carbocycles. The minimum Gasteiger partial charge on any atom is -0.313 e. The Morgan fingerprint density at radius 3 is 2.65 bits per heavy atom. The van der Waals surface area contributed by atoms with Crippen LogP contribution < -0.4 is 5.32 Å². The second kappa shape index (κ2) is 6.38. The van der Waals surface area contributed by atoms with Crippen LogP contribution in [0.2, 0.25) is 5.02 Å². The molecule has 0 aliphatic rings. The topological polar surface area (TPSA) is 12.0 Å². The van der Waals surface area contributed by atoms with Gasteiger partial charge in [-0.2, -0.15) is 0 Å². The van der Waals surface area contributed by atoms with Gasteiger partial charge in [0.05, 0.1) is 5.02 Å². The quantitative estimate of drug-likeness (QED) is 0.824. The fraction of sp³-hybridized carbons (Fsp3) is 0.294. The molecule has 1 atom stereocenters. The summed E-state index contributed by atoms with van der Waals surface area (Å²) in [5.41, 5.74) is 3.71. The van der Waals surface area contributed by atoms with E-state index >= 15 is 0 Å². The van der Waals surface area contributed by atoms with Gasteiger partial charge in [0.15, 0.2) is 0 Å². The molecule has 0 amide bonds. The Hall–Kier alpha value is -1.38. The van der Waals surface area contributed by atoms with Gasteiger partial charge >= 0.3 is 0 Å². The molecule has 0 spiro atoms. The average molecular weight is 292 g/mol. The number of rotatable bonds is 4. The molecule has 2 aromatic rings. The van der Waals surface area contributed by atoms with Crippen LogP contribution in [0.25, 0.3) is 11.1 Å². The first-order chi connectivity index (χ1) is 9.56. The molecule has 0 bridgehead atoms. The van der Waals surface area contributed by atoms with E-state index in [1.165, 1.54) is 11.6 Å². The van der Waals surface area contributed by atoms with Gasteiger partial charge in [0.1, 0.15) is 5.82 Å². The maximum absolute atomic E-state index is 13.5. The molecule has 1 nitrogen and oxygen atoms in total. The number of aryl methyl sites for hydroxylation is 1. The Morgan fingerprint density at radius 2 is 2.00 bits per heavy atom. The van der Waals surface area contributed by atoms with Gasteiger partial charge in [0.25, 0.3) is 0 Å². The third-order valence-electron chi connectivity index (χ3n) is 3.61. The van der Waals surface area contributed by atoms with Gasteiger partial charge in [-0.25, -0.2) is 4.39 Å². The molecule has 0 saturated heterocycles. The molecule has 1 N–H and O–H groups in total. The molecule has 0 fully saturated rings. The Bertz CT molecular complexity index is 606. The molecule has 106 valence electrons. The van der Waals surface area contributed by atoms with Crippen LogP contribution >= 0.6 is 11.6 Å². The maximum Gasteiger partial charge on any atom is 0.127 e. The minimum atomic E-state index is -0.267. The van der Waals surface area contributed by atoms with Crippen LogP contribution in [0.15, 0.2) is 36.4 Å². The van der Waals surface area contributed by atoms with Crippen LogP contribution in [-0.2, 0) is 0 Å². The fourth-order valence-electron chi connectivity index (χ4n) is 2.41. The van der Waals surface area contributed by atoms with Crippen molar-refractivity contribution in [3.8, 4) is 11.1 Å². The van der Waals surface area contributed by atoms with E-state index < -0.39 is 0 Å². The van der Waals surface area contributed by atoms with Crippen molar-refractivity contribution in [1.82, 2.24) is 5.32 Å². The lowest BCUT2D eigenvalue weighted by Crippen LogP contribution is -2.15. The smallest absolute Gasteiger partial charge is 0.127 e. The van der Waals surface area contributed by atoms with Crippen molar-refractivity contribution in [3.05, 3.63) is 58.4 Å². The van der Waals surface area contributed by atoms with E-state index in [1.807, 2.05) is 19.2 Å². The highest BCUT2D eigenvalue weighted by Gasteiger charge is 2.11. The van der Waals surface area contributed by atoms with E-state index in [0.717, 1.165) is 17.5 Å². The van der Waals surface area contributed by atoms with Crippen molar-refractivity contribution in [2.45, 2.75) is 26.3 Å². The van der Waals surface area contributed by atoms with E-state index in [0.29, 0.717) is 16.6 Å². The van der Waals surface area contributed by atoms with Gasteiger partial charge in [-0.1, -0.05) is 36.7 Å². The van der Waals surface area contributed by atoms with Crippen molar-refractivity contribution < 1.29 is 4.39 Å². The summed E-state index contributed by atoms with van der Waals surface area (Å²) in [6.45, 7) is 3.89. The predicted octanol–water partition coefficient (Wildman–Crippen LogP) is 5.13. The number of hydrogen-bond acceptors (Lipinski definition) is 1. The summed E-state index contributed by atoms with van der Waals surface area (Å²) >= 11 is 6.18. The van der Waals surface area contributed by atoms with Gasteiger partial charge in [-0.3, -0.25) is 0 Å². The van der Waals surface area contributed by atoms with Gasteiger partial charge in [0, 0.05) is 11.6 Å². The number of halogens is 2. The van der Waals surface area contributed by atoms with Crippen LogP contribution in [0.1, 0.15) is 30.5 Å². The fourth-order valence-corrected chi connectivity index (χ4v) is 2.67. The predicted molar refractivity (Wildman–Crippen MR) is 83.7 cm³/mol. The van der Waals surface area contributed by atoms with Gasteiger partial charge in [-0.05, 0) is 55.3 Å². The van der Waals surface area contributed by atoms with Crippen LogP contribution in [0.3, 0.4) is 0 Å². The molecular formula is C17H19ClFN. The van der Waals surface area contributed by atoms with Crippen LogP contribution in [0, 0.1) is 12.7 Å². The standard InChI is InChI=1S/C17H19ClFN/c1-4-17(20-3)13-7-5-6-12(9-13)14-8-11(2)16(19)10-15(14)18/h5-10,17,20H,4H2,1-3H3. The van der Waals surface area contributed by atoms with Crippen LogP contribution in [0.4, 0.5) is 4.39 Å². The van der Waals surface area contributed by atoms with E-state index in [2.05, 4.69) is 24.4 Å². The molecule has 1 unspecified atom stereocenters. The summed E-state index contributed by atoms with van der Waals surface area (Å²) in [6, 6.07) is 11.7. The number of benzene rings is 2. The lowest BCUT2D eigenvalue weighted by Gasteiger charge is -2.16. The summed E-state index contributed by atoms with van der Waals surface area (Å²) in [5, 5.41) is 3.74. The molecular weight excluding hydrogens is 273 g/mol. The van der Waals surface area contributed by atoms with Crippen molar-refractivity contribution in [2.75, 3.05) is 7.05 Å². The summed E-state index contributed by atoms with van der Waals surface area (Å²) in [6.07, 6.45) is 1.01. The average Bonchev–Trinajstić information content (AvgIpc) is 2.44. The molecule has 2 aromatic carbocycles. The van der Waals surface area contributed by atoms with Gasteiger partial charge < -0.3 is 5.32 Å². The van der Waals surface area contributed by atoms with Crippen LogP contribution in [-0.4, -0.2) is 7.05 Å². The van der Waals surface area contributed by atoms with E-state index in [9.17, 15) is 4.39 Å². The zero-order valence-electron chi connectivity index (χ0n) is 12.0. The molecule has 0 aliphatic carbocycles. The third kappa shape index (κ3) is 3.02. The first-order valence-corrected chi connectivity index (χ1v) is 7.17. The lowest BCUT2D eigenvalue weighted by molar-refractivity contribution is 0.577. The molecule has 0 aromatic heterocycles. The first kappa shape index (κ1) is 15.0. The summed E-state index contributed by atoms with van der Waals surface area (Å²) in [7, 11) is 1.95. The van der Waals surface area contributed by atoms with Crippen LogP contribution in [0.5, 0.6) is 0 Å². The Labute approximate surface area is 124 Å². The van der Waals surface area contributed by atoms with E-state index in [-0.39, 0.29) is 5.82 Å². The Balaban J connectivity index is 2.48. The van der Waals surface area contributed by atoms with Crippen molar-refractivity contribution in [3.63, 3.8) is 0 Å². The highest BCUT2D eigenvalue weighted by molar-refractivity contribution is 6.33. The monoisotopic (exact) mass is 291 g/mol. The zero-order valence-corrected chi connectivity index (χ0v) is 12.8. The normalized spacial score (nSPS) is 12.4. The van der Waals surface area contributed by atoms with Crippen molar-refractivity contribution in [2.24, 2.45) is 0 Å². The largest absolute Gasteiger partial charge is 0.313 e. The molecule has 0 heterocycles. The third-order valence-corrected chi connectivity index (χ3v) is 3.92. The second-order valence-corrected chi connectivity index (χ2v) is 5.36. The molecule has 20 heavy (non-hydrogen) atoms. The van der Waals surface area contributed by atoms with E-state index in [1.54, 1.807) is 13.0 Å². The zero-order chi connectivity index (χ0) is 14.7. The molecule has 2 rings (SSSR count). The Morgan fingerprint density at radius 1 is 1.25 bits per heavy atom. The molecule has 3 heteroatoms.